The second kappa shape index (κ2) is 9.81. The van der Waals surface area contributed by atoms with Crippen molar-refractivity contribution in [2.75, 3.05) is 20.3 Å². The van der Waals surface area contributed by atoms with E-state index in [1.807, 2.05) is 0 Å². The number of carbonyl (C=O) groups excluding carboxylic acids is 1. The van der Waals surface area contributed by atoms with Crippen molar-refractivity contribution < 1.29 is 29.2 Å². The van der Waals surface area contributed by atoms with Crippen LogP contribution in [0.4, 0.5) is 0 Å². The van der Waals surface area contributed by atoms with Crippen molar-refractivity contribution in [1.29, 1.82) is 0 Å². The summed E-state index contributed by atoms with van der Waals surface area (Å²) in [6.45, 7) is 3.42. The molecule has 0 heterocycles. The summed E-state index contributed by atoms with van der Waals surface area (Å²) in [7, 11) is 1.42. The highest BCUT2D eigenvalue weighted by Crippen LogP contribution is 2.27. The Hall–Kier alpha value is -3.23. The van der Waals surface area contributed by atoms with Crippen LogP contribution in [0.25, 0.3) is 0 Å². The molecule has 25 heavy (non-hydrogen) atoms. The van der Waals surface area contributed by atoms with Crippen LogP contribution in [0.15, 0.2) is 39.9 Å². The third-order valence-electron chi connectivity index (χ3n) is 2.84. The Morgan fingerprint density at radius 1 is 1.28 bits per heavy atom. The summed E-state index contributed by atoms with van der Waals surface area (Å²) >= 11 is 0. The zero-order valence-corrected chi connectivity index (χ0v) is 14.2. The van der Waals surface area contributed by atoms with E-state index in [-0.39, 0.29) is 24.7 Å². The lowest BCUT2D eigenvalue weighted by molar-refractivity contribution is -0.138. The number of hydrogen-bond donors (Lipinski definition) is 3. The smallest absolute Gasteiger partial charge is 0.349 e. The maximum Gasteiger partial charge on any atom is 0.349 e. The highest BCUT2D eigenvalue weighted by Gasteiger charge is 2.22. The highest BCUT2D eigenvalue weighted by atomic mass is 16.6. The lowest BCUT2D eigenvalue weighted by Gasteiger charge is -2.08. The molecule has 0 fully saturated rings. The number of aliphatic hydroxyl groups is 1. The van der Waals surface area contributed by atoms with Crippen molar-refractivity contribution >= 4 is 18.0 Å². The maximum atomic E-state index is 11.9. The normalized spacial score (nSPS) is 12.7. The molecule has 0 radical (unpaired) electrons. The van der Waals surface area contributed by atoms with Gasteiger partial charge in [-0.05, 0) is 26.0 Å². The monoisotopic (exact) mass is 351 g/mol. The van der Waals surface area contributed by atoms with E-state index in [9.17, 15) is 15.0 Å². The summed E-state index contributed by atoms with van der Waals surface area (Å²) in [6.07, 6.45) is 1.21. The SMILES string of the molecule is CCOC(=O)C(C(N)=NN=Cc1cccc(OC)c1O)=C(O)OCC. The van der Waals surface area contributed by atoms with Gasteiger partial charge in [0.2, 0.25) is 0 Å². The van der Waals surface area contributed by atoms with Crippen molar-refractivity contribution in [2.24, 2.45) is 15.9 Å². The minimum Gasteiger partial charge on any atom is -0.504 e. The van der Waals surface area contributed by atoms with E-state index in [2.05, 4.69) is 10.2 Å². The van der Waals surface area contributed by atoms with E-state index in [4.69, 9.17) is 19.9 Å². The predicted molar refractivity (Wildman–Crippen MR) is 91.8 cm³/mol. The molecule has 1 aromatic rings. The Balaban J connectivity index is 3.11. The van der Waals surface area contributed by atoms with Gasteiger partial charge in [0.15, 0.2) is 22.9 Å². The molecule has 0 aromatic heterocycles. The lowest BCUT2D eigenvalue weighted by Crippen LogP contribution is -2.25. The molecular weight excluding hydrogens is 330 g/mol. The number of phenolic OH excluding ortho intramolecular Hbond substituents is 1. The summed E-state index contributed by atoms with van der Waals surface area (Å²) in [5, 5.41) is 27.1. The number of esters is 1. The van der Waals surface area contributed by atoms with Gasteiger partial charge in [-0.2, -0.15) is 5.10 Å². The third-order valence-corrected chi connectivity index (χ3v) is 2.84. The van der Waals surface area contributed by atoms with Gasteiger partial charge in [-0.15, -0.1) is 5.10 Å². The largest absolute Gasteiger partial charge is 0.504 e. The minimum atomic E-state index is -0.894. The summed E-state index contributed by atoms with van der Waals surface area (Å²) in [4.78, 5) is 11.9. The summed E-state index contributed by atoms with van der Waals surface area (Å²) in [5.41, 5.74) is 5.58. The lowest BCUT2D eigenvalue weighted by atomic mass is 10.2. The third kappa shape index (κ3) is 5.41. The van der Waals surface area contributed by atoms with Gasteiger partial charge in [0.1, 0.15) is 0 Å². The van der Waals surface area contributed by atoms with Crippen molar-refractivity contribution in [3.8, 4) is 11.5 Å². The van der Waals surface area contributed by atoms with Crippen LogP contribution in [-0.4, -0.2) is 48.6 Å². The summed E-state index contributed by atoms with van der Waals surface area (Å²) < 4.78 is 14.6. The Kier molecular flexibility index (Phi) is 7.77. The number of nitrogens with zero attached hydrogens (tertiary/aromatic N) is 2. The molecule has 0 spiro atoms. The van der Waals surface area contributed by atoms with E-state index < -0.39 is 23.3 Å². The Morgan fingerprint density at radius 2 is 1.96 bits per heavy atom. The van der Waals surface area contributed by atoms with Crippen LogP contribution in [0, 0.1) is 0 Å². The summed E-state index contributed by atoms with van der Waals surface area (Å²) in [5.74, 6) is -1.86. The number of nitrogens with two attached hydrogens (primary N) is 1. The van der Waals surface area contributed by atoms with Crippen molar-refractivity contribution in [3.05, 3.63) is 35.3 Å². The number of para-hydroxylation sites is 1. The van der Waals surface area contributed by atoms with Crippen molar-refractivity contribution in [3.63, 3.8) is 0 Å². The first-order chi connectivity index (χ1) is 12.0. The van der Waals surface area contributed by atoms with E-state index >= 15 is 0 Å². The van der Waals surface area contributed by atoms with Crippen LogP contribution in [-0.2, 0) is 14.3 Å². The summed E-state index contributed by atoms with van der Waals surface area (Å²) in [6, 6.07) is 4.80. The molecule has 0 saturated carbocycles. The maximum absolute atomic E-state index is 11.9. The van der Waals surface area contributed by atoms with E-state index in [0.717, 1.165) is 0 Å². The number of hydrogen-bond acceptors (Lipinski definition) is 8. The number of amidine groups is 1. The molecule has 0 aliphatic carbocycles. The molecular formula is C16H21N3O6. The molecule has 0 saturated heterocycles. The fourth-order valence-corrected chi connectivity index (χ4v) is 1.73. The number of benzene rings is 1. The quantitative estimate of drug-likeness (QED) is 0.161. The zero-order chi connectivity index (χ0) is 18.8. The van der Waals surface area contributed by atoms with Crippen LogP contribution in [0.3, 0.4) is 0 Å². The van der Waals surface area contributed by atoms with Gasteiger partial charge in [-0.3, -0.25) is 0 Å². The fourth-order valence-electron chi connectivity index (χ4n) is 1.73. The van der Waals surface area contributed by atoms with Gasteiger partial charge in [0.25, 0.3) is 5.95 Å². The van der Waals surface area contributed by atoms with Crippen LogP contribution in [0.5, 0.6) is 11.5 Å². The molecule has 9 heteroatoms. The molecule has 4 N–H and O–H groups in total. The fraction of sp³-hybridized carbons (Fsp3) is 0.312. The first kappa shape index (κ1) is 19.8. The Labute approximate surface area is 145 Å². The molecule has 0 aliphatic heterocycles. The Bertz CT molecular complexity index is 697. The number of methoxy groups -OCH3 is 1. The average molecular weight is 351 g/mol. The van der Waals surface area contributed by atoms with Gasteiger partial charge < -0.3 is 30.2 Å². The topological polar surface area (TPSA) is 136 Å². The highest BCUT2D eigenvalue weighted by molar-refractivity contribution is 6.18. The molecule has 9 nitrogen and oxygen atoms in total. The van der Waals surface area contributed by atoms with Crippen LogP contribution < -0.4 is 10.5 Å². The molecule has 0 aliphatic rings. The number of aromatic hydroxyl groups is 1. The van der Waals surface area contributed by atoms with E-state index in [0.29, 0.717) is 5.56 Å². The molecule has 0 bridgehead atoms. The molecule has 0 unspecified atom stereocenters. The number of rotatable bonds is 8. The second-order valence-corrected chi connectivity index (χ2v) is 4.46. The number of carbonyl (C=O) groups is 1. The van der Waals surface area contributed by atoms with Crippen LogP contribution in [0.1, 0.15) is 19.4 Å². The predicted octanol–water partition coefficient (Wildman–Crippen LogP) is 1.46. The van der Waals surface area contributed by atoms with Gasteiger partial charge >= 0.3 is 5.97 Å². The molecule has 1 rings (SSSR count). The number of ether oxygens (including phenoxy) is 3. The first-order valence-corrected chi connectivity index (χ1v) is 7.42. The minimum absolute atomic E-state index is 0.0793. The zero-order valence-electron chi connectivity index (χ0n) is 14.2. The Morgan fingerprint density at radius 3 is 2.56 bits per heavy atom. The van der Waals surface area contributed by atoms with Crippen LogP contribution in [0.2, 0.25) is 0 Å². The van der Waals surface area contributed by atoms with Gasteiger partial charge in [0, 0.05) is 5.56 Å². The van der Waals surface area contributed by atoms with Gasteiger partial charge in [-0.1, -0.05) is 6.07 Å². The number of phenols is 1. The van der Waals surface area contributed by atoms with Gasteiger partial charge in [-0.25, -0.2) is 4.79 Å². The molecule has 136 valence electrons. The van der Waals surface area contributed by atoms with Crippen molar-refractivity contribution in [1.82, 2.24) is 0 Å². The standard InChI is InChI=1S/C16H21N3O6/c1-4-24-15(21)12(16(22)25-5-2)14(17)19-18-9-10-7-6-8-11(23-3)13(10)20/h6-9,20-21H,4-5H2,1-3H3,(H2,17,19). The number of aliphatic hydroxyl groups excluding tert-OH is 1. The van der Waals surface area contributed by atoms with Crippen molar-refractivity contribution in [2.45, 2.75) is 13.8 Å². The second-order valence-electron chi connectivity index (χ2n) is 4.46. The van der Waals surface area contributed by atoms with E-state index in [1.54, 1.807) is 32.0 Å². The first-order valence-electron chi connectivity index (χ1n) is 7.42. The molecule has 0 atom stereocenters. The molecule has 1 aromatic carbocycles. The van der Waals surface area contributed by atoms with Crippen LogP contribution >= 0.6 is 0 Å². The van der Waals surface area contributed by atoms with E-state index in [1.165, 1.54) is 13.3 Å². The molecule has 0 amide bonds. The van der Waals surface area contributed by atoms with Gasteiger partial charge in [0.05, 0.1) is 26.5 Å². The average Bonchev–Trinajstić information content (AvgIpc) is 2.57.